The highest BCUT2D eigenvalue weighted by Gasteiger charge is 2.16. The molecule has 0 saturated carbocycles. The lowest BCUT2D eigenvalue weighted by atomic mass is 10.1. The molecule has 0 N–H and O–H groups in total. The van der Waals surface area contributed by atoms with Crippen LogP contribution in [-0.4, -0.2) is 15.6 Å². The minimum absolute atomic E-state index is 0.00490. The number of benzene rings is 1. The number of rotatable bonds is 5. The van der Waals surface area contributed by atoms with Gasteiger partial charge in [0.15, 0.2) is 0 Å². The average molecular weight is 357 g/mol. The first-order valence-electron chi connectivity index (χ1n) is 6.59. The van der Waals surface area contributed by atoms with Crippen molar-refractivity contribution in [2.75, 3.05) is 0 Å². The summed E-state index contributed by atoms with van der Waals surface area (Å²) in [6.45, 7) is 4.45. The molecule has 0 amide bonds. The first-order chi connectivity index (χ1) is 9.90. The molecule has 0 unspecified atom stereocenters. The van der Waals surface area contributed by atoms with Gasteiger partial charge in [0.05, 0.1) is 15.9 Å². The maximum Gasteiger partial charge on any atom is 0.143 e. The monoisotopic (exact) mass is 356 g/mol. The van der Waals surface area contributed by atoms with E-state index in [1.54, 1.807) is 4.68 Å². The number of carbonyl (C=O) groups excluding carboxylic acids is 1. The van der Waals surface area contributed by atoms with Crippen LogP contribution in [0.15, 0.2) is 22.7 Å². The van der Waals surface area contributed by atoms with Gasteiger partial charge in [0.2, 0.25) is 0 Å². The van der Waals surface area contributed by atoms with Crippen LogP contribution in [-0.2, 0) is 24.2 Å². The predicted octanol–water partition coefficient (Wildman–Crippen LogP) is 3.61. The molecule has 0 radical (unpaired) electrons. The van der Waals surface area contributed by atoms with E-state index in [0.717, 1.165) is 21.9 Å². The maximum atomic E-state index is 13.1. The molecular formula is C15H15BrF2N2O. The van der Waals surface area contributed by atoms with E-state index in [-0.39, 0.29) is 18.6 Å². The molecule has 0 bridgehead atoms. The summed E-state index contributed by atoms with van der Waals surface area (Å²) >= 11 is 3.42. The predicted molar refractivity (Wildman–Crippen MR) is 79.1 cm³/mol. The number of carbonyl (C=O) groups is 1. The van der Waals surface area contributed by atoms with E-state index in [0.29, 0.717) is 12.1 Å². The Balaban J connectivity index is 2.15. The molecule has 0 aliphatic rings. The average Bonchev–Trinajstić information content (AvgIpc) is 2.65. The van der Waals surface area contributed by atoms with Gasteiger partial charge < -0.3 is 0 Å². The zero-order valence-corrected chi connectivity index (χ0v) is 13.4. The van der Waals surface area contributed by atoms with E-state index in [1.807, 2.05) is 13.8 Å². The largest absolute Gasteiger partial charge is 0.299 e. The van der Waals surface area contributed by atoms with Crippen molar-refractivity contribution in [3.8, 4) is 0 Å². The van der Waals surface area contributed by atoms with Crippen LogP contribution >= 0.6 is 15.9 Å². The van der Waals surface area contributed by atoms with Gasteiger partial charge in [0, 0.05) is 25.5 Å². The number of nitrogens with zero attached hydrogens (tertiary/aromatic N) is 2. The molecule has 2 aromatic rings. The highest BCUT2D eigenvalue weighted by molar-refractivity contribution is 9.10. The zero-order valence-electron chi connectivity index (χ0n) is 11.8. The van der Waals surface area contributed by atoms with Gasteiger partial charge >= 0.3 is 0 Å². The zero-order chi connectivity index (χ0) is 15.6. The topological polar surface area (TPSA) is 34.9 Å². The Labute approximate surface area is 130 Å². The second kappa shape index (κ2) is 6.47. The van der Waals surface area contributed by atoms with Gasteiger partial charge in [-0.25, -0.2) is 8.78 Å². The van der Waals surface area contributed by atoms with Gasteiger partial charge in [0.1, 0.15) is 17.4 Å². The molecule has 1 aromatic heterocycles. The fraction of sp³-hybridized carbons (Fsp3) is 0.333. The second-order valence-electron chi connectivity index (χ2n) is 4.83. The molecule has 0 aliphatic carbocycles. The molecule has 1 heterocycles. The molecular weight excluding hydrogens is 342 g/mol. The van der Waals surface area contributed by atoms with Crippen molar-refractivity contribution in [2.45, 2.75) is 33.2 Å². The van der Waals surface area contributed by atoms with Crippen molar-refractivity contribution >= 4 is 21.7 Å². The van der Waals surface area contributed by atoms with E-state index < -0.39 is 11.6 Å². The highest BCUT2D eigenvalue weighted by atomic mass is 79.9. The van der Waals surface area contributed by atoms with Gasteiger partial charge in [-0.3, -0.25) is 9.48 Å². The van der Waals surface area contributed by atoms with Gasteiger partial charge in [-0.05, 0) is 47.5 Å². The maximum absolute atomic E-state index is 13.1. The molecule has 0 aliphatic heterocycles. The molecule has 0 fully saturated rings. The molecule has 21 heavy (non-hydrogen) atoms. The third-order valence-electron chi connectivity index (χ3n) is 3.14. The SMILES string of the molecule is CCn1nc(C)c(Br)c1CC(=O)Cc1cc(F)cc(F)c1. The van der Waals surface area contributed by atoms with Crippen LogP contribution in [0.3, 0.4) is 0 Å². The quantitative estimate of drug-likeness (QED) is 0.820. The molecule has 0 saturated heterocycles. The van der Waals surface area contributed by atoms with E-state index in [1.165, 1.54) is 12.1 Å². The Hall–Kier alpha value is -1.56. The van der Waals surface area contributed by atoms with Crippen LogP contribution in [0.5, 0.6) is 0 Å². The summed E-state index contributed by atoms with van der Waals surface area (Å²) in [5.74, 6) is -1.46. The Morgan fingerprint density at radius 2 is 1.86 bits per heavy atom. The lowest BCUT2D eigenvalue weighted by Crippen LogP contribution is -2.12. The fourth-order valence-corrected chi connectivity index (χ4v) is 2.65. The van der Waals surface area contributed by atoms with E-state index in [4.69, 9.17) is 0 Å². The lowest BCUT2D eigenvalue weighted by molar-refractivity contribution is -0.117. The Morgan fingerprint density at radius 1 is 1.24 bits per heavy atom. The van der Waals surface area contributed by atoms with E-state index in [9.17, 15) is 13.6 Å². The Morgan fingerprint density at radius 3 is 2.43 bits per heavy atom. The van der Waals surface area contributed by atoms with Gasteiger partial charge in [-0.2, -0.15) is 5.10 Å². The molecule has 0 atom stereocenters. The number of aromatic nitrogens is 2. The molecule has 6 heteroatoms. The van der Waals surface area contributed by atoms with Gasteiger partial charge in [0.25, 0.3) is 0 Å². The van der Waals surface area contributed by atoms with Crippen LogP contribution in [0.2, 0.25) is 0 Å². The molecule has 112 valence electrons. The van der Waals surface area contributed by atoms with Crippen molar-refractivity contribution in [1.29, 1.82) is 0 Å². The summed E-state index contributed by atoms with van der Waals surface area (Å²) < 4.78 is 28.8. The Kier molecular flexibility index (Phi) is 4.88. The first kappa shape index (κ1) is 15.8. The standard InChI is InChI=1S/C15H15BrF2N2O/c1-3-20-14(15(16)9(2)19-20)8-13(21)6-10-4-11(17)7-12(18)5-10/h4-5,7H,3,6,8H2,1-2H3. The third kappa shape index (κ3) is 3.75. The van der Waals surface area contributed by atoms with Crippen molar-refractivity contribution in [3.05, 3.63) is 51.3 Å². The van der Waals surface area contributed by atoms with Gasteiger partial charge in [-0.15, -0.1) is 0 Å². The van der Waals surface area contributed by atoms with Crippen molar-refractivity contribution in [3.63, 3.8) is 0 Å². The van der Waals surface area contributed by atoms with Crippen LogP contribution in [0.1, 0.15) is 23.9 Å². The summed E-state index contributed by atoms with van der Waals surface area (Å²) in [6, 6.07) is 3.15. The second-order valence-corrected chi connectivity index (χ2v) is 5.62. The summed E-state index contributed by atoms with van der Waals surface area (Å²) in [4.78, 5) is 12.1. The Bertz CT molecular complexity index is 662. The normalized spacial score (nSPS) is 10.9. The molecule has 1 aromatic carbocycles. The van der Waals surface area contributed by atoms with Crippen LogP contribution < -0.4 is 0 Å². The van der Waals surface area contributed by atoms with Crippen LogP contribution in [0, 0.1) is 18.6 Å². The third-order valence-corrected chi connectivity index (χ3v) is 4.17. The summed E-state index contributed by atoms with van der Waals surface area (Å²) in [5, 5.41) is 4.31. The molecule has 0 spiro atoms. The van der Waals surface area contributed by atoms with E-state index >= 15 is 0 Å². The number of hydrogen-bond donors (Lipinski definition) is 0. The summed E-state index contributed by atoms with van der Waals surface area (Å²) in [6.07, 6.45) is 0.169. The molecule has 3 nitrogen and oxygen atoms in total. The van der Waals surface area contributed by atoms with Crippen molar-refractivity contribution < 1.29 is 13.6 Å². The van der Waals surface area contributed by atoms with Crippen LogP contribution in [0.25, 0.3) is 0 Å². The number of aryl methyl sites for hydroxylation is 2. The lowest BCUT2D eigenvalue weighted by Gasteiger charge is -2.06. The highest BCUT2D eigenvalue weighted by Crippen LogP contribution is 2.22. The smallest absolute Gasteiger partial charge is 0.143 e. The number of Topliss-reactive ketones (excluding diaryl/α,β-unsaturated/α-hetero) is 1. The number of hydrogen-bond acceptors (Lipinski definition) is 2. The van der Waals surface area contributed by atoms with E-state index in [2.05, 4.69) is 21.0 Å². The number of halogens is 3. The van der Waals surface area contributed by atoms with Crippen molar-refractivity contribution in [2.24, 2.45) is 0 Å². The molecule has 2 rings (SSSR count). The first-order valence-corrected chi connectivity index (χ1v) is 7.38. The summed E-state index contributed by atoms with van der Waals surface area (Å²) in [7, 11) is 0. The fourth-order valence-electron chi connectivity index (χ4n) is 2.23. The minimum Gasteiger partial charge on any atom is -0.299 e. The number of ketones is 1. The minimum atomic E-state index is -0.673. The van der Waals surface area contributed by atoms with Crippen molar-refractivity contribution in [1.82, 2.24) is 9.78 Å². The van der Waals surface area contributed by atoms with Crippen LogP contribution in [0.4, 0.5) is 8.78 Å². The van der Waals surface area contributed by atoms with Gasteiger partial charge in [-0.1, -0.05) is 0 Å². The summed E-state index contributed by atoms with van der Waals surface area (Å²) in [5.41, 5.74) is 1.95.